The summed E-state index contributed by atoms with van der Waals surface area (Å²) in [4.78, 5) is 48.5. The predicted molar refractivity (Wildman–Crippen MR) is 191 cm³/mol. The lowest BCUT2D eigenvalue weighted by Gasteiger charge is -2.21. The van der Waals surface area contributed by atoms with E-state index in [2.05, 4.69) is 46.4 Å². The van der Waals surface area contributed by atoms with Gasteiger partial charge in [-0.25, -0.2) is 13.8 Å². The van der Waals surface area contributed by atoms with E-state index >= 15 is 0 Å². The summed E-state index contributed by atoms with van der Waals surface area (Å²) in [6.45, 7) is 5.21. The average molecular weight is 689 g/mol. The fraction of sp³-hybridized carbons (Fsp3) is 0.125. The number of halogens is 2. The third-order valence-electron chi connectivity index (χ3n) is 7.86. The molecule has 51 heavy (non-hydrogen) atoms. The molecule has 0 radical (unpaired) electrons. The first-order valence-electron chi connectivity index (χ1n) is 15.9. The van der Waals surface area contributed by atoms with Crippen LogP contribution in [-0.2, 0) is 33.9 Å². The summed E-state index contributed by atoms with van der Waals surface area (Å²) in [6.07, 6.45) is -0.383. The molecule has 0 aromatic heterocycles. The molecule has 0 heterocycles. The van der Waals surface area contributed by atoms with Crippen LogP contribution in [0.4, 0.5) is 14.5 Å². The summed E-state index contributed by atoms with van der Waals surface area (Å²) in [5, 5.41) is 15.7. The van der Waals surface area contributed by atoms with Gasteiger partial charge in [0.15, 0.2) is 0 Å². The SMILES string of the molecule is C=NOC(=NCc1ccc(CN(CC(=O)O)C(=O)c2ccc(NC(=O)Cc3cc(F)ccc3F)cc2)cc1)c1ccc(-c2ccc(C)cc2)cc1. The Bertz CT molecular complexity index is 2050. The molecule has 0 bridgehead atoms. The van der Waals surface area contributed by atoms with Crippen LogP contribution in [0.3, 0.4) is 0 Å². The van der Waals surface area contributed by atoms with Gasteiger partial charge in [0.25, 0.3) is 11.8 Å². The Hall–Kier alpha value is -6.49. The maximum Gasteiger partial charge on any atom is 0.323 e. The van der Waals surface area contributed by atoms with Crippen LogP contribution in [0, 0.1) is 18.6 Å². The number of aliphatic carboxylic acids is 1. The molecular weight excluding hydrogens is 654 g/mol. The topological polar surface area (TPSA) is 121 Å². The highest BCUT2D eigenvalue weighted by Gasteiger charge is 2.20. The molecule has 258 valence electrons. The van der Waals surface area contributed by atoms with Gasteiger partial charge in [-0.05, 0) is 83.8 Å². The Morgan fingerprint density at radius 1 is 0.804 bits per heavy atom. The number of carbonyl (C=O) groups is 3. The average Bonchev–Trinajstić information content (AvgIpc) is 3.12. The fourth-order valence-corrected chi connectivity index (χ4v) is 5.22. The first-order valence-corrected chi connectivity index (χ1v) is 15.9. The van der Waals surface area contributed by atoms with Gasteiger partial charge in [0.2, 0.25) is 5.91 Å². The molecule has 11 heteroatoms. The van der Waals surface area contributed by atoms with Crippen molar-refractivity contribution in [2.24, 2.45) is 10.1 Å². The van der Waals surface area contributed by atoms with Crippen molar-refractivity contribution in [3.8, 4) is 11.1 Å². The van der Waals surface area contributed by atoms with Gasteiger partial charge in [-0.15, -0.1) is 0 Å². The van der Waals surface area contributed by atoms with Crippen LogP contribution in [0.2, 0.25) is 0 Å². The minimum absolute atomic E-state index is 0.0223. The number of carbonyl (C=O) groups excluding carboxylic acids is 2. The zero-order chi connectivity index (χ0) is 36.3. The molecular formula is C40H34F2N4O5. The molecule has 0 unspecified atom stereocenters. The van der Waals surface area contributed by atoms with Crippen LogP contribution >= 0.6 is 0 Å². The van der Waals surface area contributed by atoms with E-state index < -0.39 is 36.0 Å². The summed E-state index contributed by atoms with van der Waals surface area (Å²) in [5.41, 5.74) is 6.03. The van der Waals surface area contributed by atoms with E-state index in [9.17, 15) is 28.3 Å². The minimum atomic E-state index is -1.18. The Morgan fingerprint density at radius 2 is 1.41 bits per heavy atom. The number of nitrogens with one attached hydrogen (secondary N) is 1. The van der Waals surface area contributed by atoms with Crippen LogP contribution in [0.5, 0.6) is 0 Å². The largest absolute Gasteiger partial charge is 0.480 e. The van der Waals surface area contributed by atoms with Crippen molar-refractivity contribution in [3.63, 3.8) is 0 Å². The number of oxime groups is 1. The summed E-state index contributed by atoms with van der Waals surface area (Å²) in [6, 6.07) is 31.9. The molecule has 0 spiro atoms. The van der Waals surface area contributed by atoms with Gasteiger partial charge in [-0.3, -0.25) is 14.4 Å². The van der Waals surface area contributed by atoms with Crippen molar-refractivity contribution in [3.05, 3.63) is 160 Å². The predicted octanol–water partition coefficient (Wildman–Crippen LogP) is 7.43. The zero-order valence-electron chi connectivity index (χ0n) is 27.7. The monoisotopic (exact) mass is 688 g/mol. The molecule has 9 nitrogen and oxygen atoms in total. The zero-order valence-corrected chi connectivity index (χ0v) is 27.7. The number of nitrogens with zero attached hydrogens (tertiary/aromatic N) is 3. The van der Waals surface area contributed by atoms with Crippen molar-refractivity contribution in [2.45, 2.75) is 26.4 Å². The Morgan fingerprint density at radius 3 is 2.04 bits per heavy atom. The second-order valence-electron chi connectivity index (χ2n) is 11.7. The van der Waals surface area contributed by atoms with Crippen LogP contribution < -0.4 is 5.32 Å². The van der Waals surface area contributed by atoms with Crippen molar-refractivity contribution in [2.75, 3.05) is 11.9 Å². The molecule has 0 fully saturated rings. The molecule has 5 rings (SSSR count). The molecule has 2 N–H and O–H groups in total. The maximum absolute atomic E-state index is 13.9. The van der Waals surface area contributed by atoms with Gasteiger partial charge in [0.1, 0.15) is 18.2 Å². The number of aliphatic imine (C=N–C) groups is 1. The lowest BCUT2D eigenvalue weighted by Crippen LogP contribution is -2.35. The first kappa shape index (κ1) is 35.8. The summed E-state index contributed by atoms with van der Waals surface area (Å²) < 4.78 is 27.4. The van der Waals surface area contributed by atoms with E-state index in [0.717, 1.165) is 40.5 Å². The van der Waals surface area contributed by atoms with Gasteiger partial charge in [0, 0.05) is 35.6 Å². The Balaban J connectivity index is 1.21. The molecule has 2 amide bonds. The van der Waals surface area contributed by atoms with E-state index in [1.165, 1.54) is 34.7 Å². The lowest BCUT2D eigenvalue weighted by atomic mass is 10.0. The molecule has 0 saturated carbocycles. The van der Waals surface area contributed by atoms with E-state index in [1.807, 2.05) is 43.3 Å². The lowest BCUT2D eigenvalue weighted by molar-refractivity contribution is -0.137. The number of carboxylic acid groups (broad SMARTS) is 1. The highest BCUT2D eigenvalue weighted by molar-refractivity contribution is 5.97. The highest BCUT2D eigenvalue weighted by atomic mass is 19.1. The minimum Gasteiger partial charge on any atom is -0.480 e. The Kier molecular flexibility index (Phi) is 11.8. The number of carboxylic acids is 1. The number of anilines is 1. The van der Waals surface area contributed by atoms with Crippen LogP contribution in [0.15, 0.2) is 125 Å². The highest BCUT2D eigenvalue weighted by Crippen LogP contribution is 2.22. The number of rotatable bonds is 13. The van der Waals surface area contributed by atoms with Crippen LogP contribution in [-0.4, -0.2) is 47.0 Å². The number of benzene rings is 5. The van der Waals surface area contributed by atoms with Gasteiger partial charge < -0.3 is 20.2 Å². The van der Waals surface area contributed by atoms with Crippen molar-refractivity contribution in [1.82, 2.24) is 4.90 Å². The Labute approximate surface area is 293 Å². The van der Waals surface area contributed by atoms with Gasteiger partial charge in [-0.2, -0.15) is 0 Å². The molecule has 5 aromatic carbocycles. The van der Waals surface area contributed by atoms with E-state index in [0.29, 0.717) is 17.1 Å². The molecule has 0 aliphatic heterocycles. The summed E-state index contributed by atoms with van der Waals surface area (Å²) in [7, 11) is 0. The molecule has 0 aliphatic carbocycles. The van der Waals surface area contributed by atoms with Gasteiger partial charge >= 0.3 is 5.97 Å². The summed E-state index contributed by atoms with van der Waals surface area (Å²) in [5.74, 6) is -3.34. The van der Waals surface area contributed by atoms with Crippen molar-refractivity contribution in [1.29, 1.82) is 0 Å². The number of aryl methyl sites for hydroxylation is 1. The number of hydrogen-bond donors (Lipinski definition) is 2. The van der Waals surface area contributed by atoms with Crippen molar-refractivity contribution >= 4 is 36.1 Å². The quantitative estimate of drug-likeness (QED) is 0.0758. The molecule has 0 aliphatic rings. The first-order chi connectivity index (χ1) is 24.6. The third kappa shape index (κ3) is 10.0. The standard InChI is InChI=1S/C40H34F2N4O5/c1-26-3-9-29(10-4-26)30-11-13-31(14-12-30)39(51-43-2)44-23-27-5-7-28(8-6-27)24-46(25-38(48)49)40(50)32-15-18-35(19-16-32)45-37(47)22-33-21-34(41)17-20-36(33)42/h3-21H,2,22-25H2,1H3,(H,45,47)(H,48,49). The second-order valence-corrected chi connectivity index (χ2v) is 11.7. The normalized spacial score (nSPS) is 11.1. The van der Waals surface area contributed by atoms with Gasteiger partial charge in [-0.1, -0.05) is 71.4 Å². The third-order valence-corrected chi connectivity index (χ3v) is 7.86. The van der Waals surface area contributed by atoms with E-state index in [-0.39, 0.29) is 30.6 Å². The number of amides is 2. The van der Waals surface area contributed by atoms with Gasteiger partial charge in [0.05, 0.1) is 13.0 Å². The fourth-order valence-electron chi connectivity index (χ4n) is 5.22. The van der Waals surface area contributed by atoms with E-state index in [1.54, 1.807) is 12.1 Å². The van der Waals surface area contributed by atoms with E-state index in [4.69, 9.17) is 4.84 Å². The smallest absolute Gasteiger partial charge is 0.323 e. The summed E-state index contributed by atoms with van der Waals surface area (Å²) >= 11 is 0. The molecule has 5 aromatic rings. The van der Waals surface area contributed by atoms with Crippen molar-refractivity contribution < 1.29 is 33.1 Å². The maximum atomic E-state index is 13.9. The van der Waals surface area contributed by atoms with Crippen LogP contribution in [0.25, 0.3) is 11.1 Å². The molecule has 0 atom stereocenters. The van der Waals surface area contributed by atoms with Crippen LogP contribution in [0.1, 0.15) is 38.2 Å². The molecule has 0 saturated heterocycles. The second kappa shape index (κ2) is 16.8. The number of hydrogen-bond acceptors (Lipinski definition) is 6.